The van der Waals surface area contributed by atoms with Crippen molar-refractivity contribution in [2.45, 2.75) is 45.7 Å². The van der Waals surface area contributed by atoms with Gasteiger partial charge in [0.15, 0.2) is 0 Å². The van der Waals surface area contributed by atoms with Gasteiger partial charge in [-0.15, -0.1) is 0 Å². The molecule has 0 radical (unpaired) electrons. The lowest BCUT2D eigenvalue weighted by Gasteiger charge is -2.13. The van der Waals surface area contributed by atoms with Crippen molar-refractivity contribution in [1.29, 1.82) is 0 Å². The van der Waals surface area contributed by atoms with Crippen LogP contribution in [-0.4, -0.2) is 25.2 Å². The smallest absolute Gasteiger partial charge is 0.335 e. The molecule has 0 saturated heterocycles. The van der Waals surface area contributed by atoms with E-state index >= 15 is 0 Å². The maximum absolute atomic E-state index is 13.2. The Hall–Kier alpha value is -3.68. The Bertz CT molecular complexity index is 1310. The summed E-state index contributed by atoms with van der Waals surface area (Å²) in [5.74, 6) is -1.35. The van der Waals surface area contributed by atoms with E-state index in [2.05, 4.69) is 9.98 Å². The highest BCUT2D eigenvalue weighted by atomic mass is 16.4. The number of aryl methyl sites for hydroxylation is 1. The van der Waals surface area contributed by atoms with Gasteiger partial charge in [-0.3, -0.25) is 14.3 Å². The summed E-state index contributed by atoms with van der Waals surface area (Å²) in [5, 5.41) is 9.22. The molecule has 1 aliphatic rings. The molecule has 1 atom stereocenters. The number of aliphatic carboxylic acids is 1. The minimum atomic E-state index is -1.08. The summed E-state index contributed by atoms with van der Waals surface area (Å²) in [4.78, 5) is 44.4. The average molecular weight is 434 g/mol. The van der Waals surface area contributed by atoms with E-state index in [1.54, 1.807) is 0 Å². The van der Waals surface area contributed by atoms with E-state index < -0.39 is 23.3 Å². The van der Waals surface area contributed by atoms with Crippen LogP contribution in [-0.2, 0) is 17.9 Å². The molecule has 2 aromatic carbocycles. The molecule has 0 aliphatic heterocycles. The number of hydrogen-bond acceptors (Lipinski definition) is 4. The first-order valence-corrected chi connectivity index (χ1v) is 10.7. The van der Waals surface area contributed by atoms with E-state index in [9.17, 15) is 19.5 Å². The number of carbonyl (C=O) groups is 1. The van der Waals surface area contributed by atoms with Crippen molar-refractivity contribution >= 4 is 11.7 Å². The predicted molar refractivity (Wildman–Crippen MR) is 120 cm³/mol. The third-order valence-electron chi connectivity index (χ3n) is 5.70. The molecule has 1 heterocycles. The van der Waals surface area contributed by atoms with Crippen molar-refractivity contribution in [1.82, 2.24) is 14.1 Å². The monoisotopic (exact) mass is 434 g/mol. The van der Waals surface area contributed by atoms with Gasteiger partial charge in [0.2, 0.25) is 5.62 Å². The fourth-order valence-electron chi connectivity index (χ4n) is 3.53. The normalized spacial score (nSPS) is 15.0. The maximum Gasteiger partial charge on any atom is 0.335 e. The zero-order chi connectivity index (χ0) is 22.8. The topological polar surface area (TPSA) is 109 Å². The third-order valence-corrected chi connectivity index (χ3v) is 5.70. The summed E-state index contributed by atoms with van der Waals surface area (Å²) in [7, 11) is 0. The van der Waals surface area contributed by atoms with Crippen molar-refractivity contribution in [3.8, 4) is 0 Å². The molecular formula is C24H26N4O4. The lowest BCUT2D eigenvalue weighted by molar-refractivity contribution is -0.141. The first-order chi connectivity index (χ1) is 15.3. The van der Waals surface area contributed by atoms with Crippen LogP contribution in [0.2, 0.25) is 0 Å². The summed E-state index contributed by atoms with van der Waals surface area (Å²) < 4.78 is 2.29. The molecule has 0 amide bonds. The van der Waals surface area contributed by atoms with Crippen LogP contribution in [0.15, 0.2) is 63.1 Å². The van der Waals surface area contributed by atoms with E-state index in [0.29, 0.717) is 11.6 Å². The van der Waals surface area contributed by atoms with Gasteiger partial charge in [0.25, 0.3) is 0 Å². The molecule has 1 fully saturated rings. The SMILES string of the molecule is Cc1ccc(Cn2c(=O)n(C[C@H](C)C(=O)O)c(=O)[nH]/c2=N\c2ccc(C3CC3)cc2)cc1. The van der Waals surface area contributed by atoms with Crippen molar-refractivity contribution in [3.05, 3.63) is 91.8 Å². The van der Waals surface area contributed by atoms with Gasteiger partial charge in [-0.05, 0) is 48.9 Å². The lowest BCUT2D eigenvalue weighted by Crippen LogP contribution is -2.51. The van der Waals surface area contributed by atoms with Gasteiger partial charge in [-0.1, -0.05) is 48.9 Å². The molecule has 3 aromatic rings. The zero-order valence-corrected chi connectivity index (χ0v) is 18.1. The molecule has 8 heteroatoms. The van der Waals surface area contributed by atoms with Gasteiger partial charge in [-0.2, -0.15) is 0 Å². The van der Waals surface area contributed by atoms with Crippen molar-refractivity contribution in [2.75, 3.05) is 0 Å². The van der Waals surface area contributed by atoms with Gasteiger partial charge in [0.05, 0.1) is 18.2 Å². The molecule has 0 spiro atoms. The highest BCUT2D eigenvalue weighted by Crippen LogP contribution is 2.40. The van der Waals surface area contributed by atoms with Gasteiger partial charge >= 0.3 is 17.3 Å². The molecule has 0 bridgehead atoms. The summed E-state index contributed by atoms with van der Waals surface area (Å²) >= 11 is 0. The zero-order valence-electron chi connectivity index (χ0n) is 18.1. The Morgan fingerprint density at radius 2 is 1.75 bits per heavy atom. The Morgan fingerprint density at radius 1 is 1.09 bits per heavy atom. The molecule has 32 heavy (non-hydrogen) atoms. The molecule has 1 aliphatic carbocycles. The average Bonchev–Trinajstić information content (AvgIpc) is 3.61. The first kappa shape index (κ1) is 21.5. The van der Waals surface area contributed by atoms with Gasteiger partial charge < -0.3 is 5.11 Å². The van der Waals surface area contributed by atoms with Crippen molar-refractivity contribution in [3.63, 3.8) is 0 Å². The Labute approximate surface area is 184 Å². The third kappa shape index (κ3) is 4.80. The van der Waals surface area contributed by atoms with Crippen LogP contribution < -0.4 is 17.0 Å². The lowest BCUT2D eigenvalue weighted by atomic mass is 10.1. The summed E-state index contributed by atoms with van der Waals surface area (Å²) in [6.07, 6.45) is 2.40. The van der Waals surface area contributed by atoms with Crippen LogP contribution >= 0.6 is 0 Å². The van der Waals surface area contributed by atoms with Crippen molar-refractivity contribution < 1.29 is 9.90 Å². The number of benzene rings is 2. The van der Waals surface area contributed by atoms with Crippen LogP contribution in [0.3, 0.4) is 0 Å². The molecule has 166 valence electrons. The van der Waals surface area contributed by atoms with E-state index in [1.165, 1.54) is 29.9 Å². The summed E-state index contributed by atoms with van der Waals surface area (Å²) in [6.45, 7) is 3.39. The summed E-state index contributed by atoms with van der Waals surface area (Å²) in [6, 6.07) is 15.5. The Kier molecular flexibility index (Phi) is 5.94. The Morgan fingerprint density at radius 3 is 2.34 bits per heavy atom. The summed E-state index contributed by atoms with van der Waals surface area (Å²) in [5.41, 5.74) is 2.69. The van der Waals surface area contributed by atoms with E-state index in [4.69, 9.17) is 0 Å². The fourth-order valence-corrected chi connectivity index (χ4v) is 3.53. The predicted octanol–water partition coefficient (Wildman–Crippen LogP) is 2.53. The number of aromatic amines is 1. The highest BCUT2D eigenvalue weighted by molar-refractivity contribution is 5.69. The number of rotatable bonds is 7. The largest absolute Gasteiger partial charge is 0.481 e. The number of H-pyrrole nitrogens is 1. The number of nitrogens with zero attached hydrogens (tertiary/aromatic N) is 3. The number of nitrogens with one attached hydrogen (secondary N) is 1. The number of carboxylic acid groups (broad SMARTS) is 1. The van der Waals surface area contributed by atoms with E-state index in [0.717, 1.165) is 15.7 Å². The highest BCUT2D eigenvalue weighted by Gasteiger charge is 2.23. The number of carboxylic acids is 1. The second kappa shape index (κ2) is 8.82. The Balaban J connectivity index is 1.81. The minimum Gasteiger partial charge on any atom is -0.481 e. The van der Waals surface area contributed by atoms with E-state index in [-0.39, 0.29) is 18.7 Å². The van der Waals surface area contributed by atoms with Gasteiger partial charge in [0.1, 0.15) is 0 Å². The molecular weight excluding hydrogens is 408 g/mol. The van der Waals surface area contributed by atoms with Crippen LogP contribution in [0.5, 0.6) is 0 Å². The van der Waals surface area contributed by atoms with Crippen LogP contribution in [0.1, 0.15) is 42.4 Å². The molecule has 1 saturated carbocycles. The quantitative estimate of drug-likeness (QED) is 0.595. The number of aromatic nitrogens is 3. The molecule has 4 rings (SSSR count). The van der Waals surface area contributed by atoms with E-state index in [1.807, 2.05) is 55.5 Å². The molecule has 2 N–H and O–H groups in total. The maximum atomic E-state index is 13.2. The second-order valence-electron chi connectivity index (χ2n) is 8.44. The standard InChI is InChI=1S/C24H26N4O4/c1-15-3-5-17(6-4-15)14-27-22(25-20-11-9-19(10-12-20)18-7-8-18)26-23(31)28(24(27)32)13-16(2)21(29)30/h3-6,9-12,16,18H,7-8,13-14H2,1-2H3,(H,29,30)(H,25,26,31)/t16-/m0/s1. The second-order valence-corrected chi connectivity index (χ2v) is 8.44. The molecule has 1 aromatic heterocycles. The minimum absolute atomic E-state index is 0.124. The van der Waals surface area contributed by atoms with Gasteiger partial charge in [0, 0.05) is 6.54 Å². The fraction of sp³-hybridized carbons (Fsp3) is 0.333. The molecule has 8 nitrogen and oxygen atoms in total. The first-order valence-electron chi connectivity index (χ1n) is 10.7. The molecule has 0 unspecified atom stereocenters. The van der Waals surface area contributed by atoms with Crippen LogP contribution in [0.25, 0.3) is 0 Å². The van der Waals surface area contributed by atoms with Gasteiger partial charge in [-0.25, -0.2) is 19.1 Å². The number of hydrogen-bond donors (Lipinski definition) is 2. The van der Waals surface area contributed by atoms with Crippen LogP contribution in [0, 0.1) is 12.8 Å². The van der Waals surface area contributed by atoms with Crippen LogP contribution in [0.4, 0.5) is 5.69 Å². The van der Waals surface area contributed by atoms with Crippen molar-refractivity contribution in [2.24, 2.45) is 10.9 Å².